The second-order valence-corrected chi connectivity index (χ2v) is 6.28. The first-order valence-corrected chi connectivity index (χ1v) is 7.12. The first kappa shape index (κ1) is 13.6. The van der Waals surface area contributed by atoms with Gasteiger partial charge in [-0.3, -0.25) is 0 Å². The lowest BCUT2D eigenvalue weighted by atomic mass is 9.89. The molecule has 4 heteroatoms. The van der Waals surface area contributed by atoms with Gasteiger partial charge in [0.1, 0.15) is 4.99 Å². The van der Waals surface area contributed by atoms with Crippen molar-refractivity contribution in [2.75, 3.05) is 11.9 Å². The Morgan fingerprint density at radius 2 is 2.11 bits per heavy atom. The summed E-state index contributed by atoms with van der Waals surface area (Å²) >= 11 is 11.2. The topological polar surface area (TPSA) is 38.0 Å². The highest BCUT2D eigenvalue weighted by atomic mass is 35.5. The molecule has 1 aromatic carbocycles. The number of anilines is 1. The van der Waals surface area contributed by atoms with Crippen LogP contribution >= 0.6 is 23.8 Å². The molecule has 98 valence electrons. The van der Waals surface area contributed by atoms with Crippen LogP contribution in [0.2, 0.25) is 5.02 Å². The lowest BCUT2D eigenvalue weighted by molar-refractivity contribution is 0.362. The van der Waals surface area contributed by atoms with Crippen LogP contribution in [-0.4, -0.2) is 11.5 Å². The van der Waals surface area contributed by atoms with Crippen LogP contribution in [0.15, 0.2) is 18.2 Å². The molecule has 1 aliphatic carbocycles. The van der Waals surface area contributed by atoms with E-state index in [1.54, 1.807) is 0 Å². The second-order valence-electron chi connectivity index (χ2n) is 5.43. The third-order valence-corrected chi connectivity index (χ3v) is 4.32. The highest BCUT2D eigenvalue weighted by Gasteiger charge is 2.28. The Labute approximate surface area is 119 Å². The maximum atomic E-state index is 6.23. The van der Waals surface area contributed by atoms with E-state index in [2.05, 4.69) is 12.2 Å². The van der Waals surface area contributed by atoms with Gasteiger partial charge >= 0.3 is 0 Å². The van der Waals surface area contributed by atoms with Crippen LogP contribution in [0.25, 0.3) is 0 Å². The SMILES string of the molecule is CC1(CNc2ccc(C(N)=S)cc2Cl)CCCC1. The van der Waals surface area contributed by atoms with Gasteiger partial charge in [-0.25, -0.2) is 0 Å². The Morgan fingerprint density at radius 1 is 1.44 bits per heavy atom. The van der Waals surface area contributed by atoms with Crippen molar-refractivity contribution >= 4 is 34.5 Å². The molecule has 1 aliphatic rings. The van der Waals surface area contributed by atoms with Crippen LogP contribution in [0.1, 0.15) is 38.2 Å². The van der Waals surface area contributed by atoms with Crippen molar-refractivity contribution in [1.82, 2.24) is 0 Å². The summed E-state index contributed by atoms with van der Waals surface area (Å²) in [4.78, 5) is 0.381. The van der Waals surface area contributed by atoms with E-state index < -0.39 is 0 Å². The third kappa shape index (κ3) is 3.15. The molecule has 2 rings (SSSR count). The lowest BCUT2D eigenvalue weighted by Gasteiger charge is -2.24. The molecule has 0 radical (unpaired) electrons. The largest absolute Gasteiger partial charge is 0.389 e. The van der Waals surface area contributed by atoms with Crippen LogP contribution in [0.4, 0.5) is 5.69 Å². The molecule has 2 nitrogen and oxygen atoms in total. The Hall–Kier alpha value is -0.800. The zero-order valence-electron chi connectivity index (χ0n) is 10.6. The number of rotatable bonds is 4. The monoisotopic (exact) mass is 282 g/mol. The maximum Gasteiger partial charge on any atom is 0.104 e. The Morgan fingerprint density at radius 3 is 2.67 bits per heavy atom. The average Bonchev–Trinajstić information content (AvgIpc) is 2.75. The van der Waals surface area contributed by atoms with Gasteiger partial charge in [-0.15, -0.1) is 0 Å². The van der Waals surface area contributed by atoms with Crippen LogP contribution < -0.4 is 11.1 Å². The first-order chi connectivity index (χ1) is 8.50. The third-order valence-electron chi connectivity index (χ3n) is 3.77. The summed E-state index contributed by atoms with van der Waals surface area (Å²) in [6.07, 6.45) is 5.27. The van der Waals surface area contributed by atoms with Crippen molar-refractivity contribution in [1.29, 1.82) is 0 Å². The molecule has 1 fully saturated rings. The number of benzene rings is 1. The van der Waals surface area contributed by atoms with E-state index in [9.17, 15) is 0 Å². The van der Waals surface area contributed by atoms with Gasteiger partial charge in [-0.05, 0) is 36.5 Å². The molecule has 0 amide bonds. The van der Waals surface area contributed by atoms with E-state index in [-0.39, 0.29) is 0 Å². The van der Waals surface area contributed by atoms with E-state index in [1.807, 2.05) is 18.2 Å². The van der Waals surface area contributed by atoms with Crippen LogP contribution in [-0.2, 0) is 0 Å². The zero-order chi connectivity index (χ0) is 13.2. The molecule has 0 spiro atoms. The van der Waals surface area contributed by atoms with Crippen LogP contribution in [0.3, 0.4) is 0 Å². The molecule has 1 aromatic rings. The van der Waals surface area contributed by atoms with E-state index in [1.165, 1.54) is 25.7 Å². The normalized spacial score (nSPS) is 17.7. The molecular weight excluding hydrogens is 264 g/mol. The fourth-order valence-electron chi connectivity index (χ4n) is 2.53. The molecule has 3 N–H and O–H groups in total. The number of hydrogen-bond acceptors (Lipinski definition) is 2. The first-order valence-electron chi connectivity index (χ1n) is 6.33. The summed E-state index contributed by atoms with van der Waals surface area (Å²) in [6, 6.07) is 5.69. The van der Waals surface area contributed by atoms with Crippen molar-refractivity contribution in [3.63, 3.8) is 0 Å². The van der Waals surface area contributed by atoms with Gasteiger partial charge in [-0.2, -0.15) is 0 Å². The number of hydrogen-bond donors (Lipinski definition) is 2. The van der Waals surface area contributed by atoms with E-state index in [0.717, 1.165) is 17.8 Å². The second kappa shape index (κ2) is 5.45. The summed E-state index contributed by atoms with van der Waals surface area (Å²) in [5.41, 5.74) is 7.76. The number of halogens is 1. The van der Waals surface area contributed by atoms with E-state index >= 15 is 0 Å². The Balaban J connectivity index is 2.03. The van der Waals surface area contributed by atoms with Gasteiger partial charge in [-0.1, -0.05) is 43.6 Å². The van der Waals surface area contributed by atoms with Crippen LogP contribution in [0.5, 0.6) is 0 Å². The summed E-state index contributed by atoms with van der Waals surface area (Å²) in [7, 11) is 0. The zero-order valence-corrected chi connectivity index (χ0v) is 12.2. The van der Waals surface area contributed by atoms with Gasteiger partial charge in [0, 0.05) is 12.1 Å². The quantitative estimate of drug-likeness (QED) is 0.821. The van der Waals surface area contributed by atoms with Gasteiger partial charge < -0.3 is 11.1 Å². The predicted octanol–water partition coefficient (Wildman–Crippen LogP) is 3.97. The fourth-order valence-corrected chi connectivity index (χ4v) is 2.90. The minimum atomic E-state index is 0.381. The molecule has 0 heterocycles. The molecule has 1 saturated carbocycles. The molecule has 0 atom stereocenters. The van der Waals surface area contributed by atoms with Crippen molar-refractivity contribution in [2.24, 2.45) is 11.1 Å². The fraction of sp³-hybridized carbons (Fsp3) is 0.500. The Kier molecular flexibility index (Phi) is 4.13. The number of nitrogens with two attached hydrogens (primary N) is 1. The summed E-state index contributed by atoms with van der Waals surface area (Å²) in [5.74, 6) is 0. The summed E-state index contributed by atoms with van der Waals surface area (Å²) in [5, 5.41) is 4.13. The molecule has 0 aromatic heterocycles. The van der Waals surface area contributed by atoms with Crippen molar-refractivity contribution in [2.45, 2.75) is 32.6 Å². The highest BCUT2D eigenvalue weighted by molar-refractivity contribution is 7.80. The minimum Gasteiger partial charge on any atom is -0.389 e. The van der Waals surface area contributed by atoms with E-state index in [4.69, 9.17) is 29.6 Å². The average molecular weight is 283 g/mol. The maximum absolute atomic E-state index is 6.23. The highest BCUT2D eigenvalue weighted by Crippen LogP contribution is 2.38. The smallest absolute Gasteiger partial charge is 0.104 e. The van der Waals surface area contributed by atoms with Gasteiger partial charge in [0.15, 0.2) is 0 Å². The number of nitrogens with one attached hydrogen (secondary N) is 1. The molecule has 0 bridgehead atoms. The van der Waals surface area contributed by atoms with Gasteiger partial charge in [0.2, 0.25) is 0 Å². The standard InChI is InChI=1S/C14H19ClN2S/c1-14(6-2-3-7-14)9-17-12-5-4-10(13(16)18)8-11(12)15/h4-5,8,17H,2-3,6-7,9H2,1H3,(H2,16,18). The van der Waals surface area contributed by atoms with Gasteiger partial charge in [0.05, 0.1) is 10.7 Å². The van der Waals surface area contributed by atoms with Crippen LogP contribution in [0, 0.1) is 5.41 Å². The van der Waals surface area contributed by atoms with Crippen molar-refractivity contribution < 1.29 is 0 Å². The van der Waals surface area contributed by atoms with Crippen molar-refractivity contribution in [3.05, 3.63) is 28.8 Å². The van der Waals surface area contributed by atoms with E-state index in [0.29, 0.717) is 15.4 Å². The molecule has 0 unspecified atom stereocenters. The Bertz CT molecular complexity index is 453. The predicted molar refractivity (Wildman–Crippen MR) is 82.4 cm³/mol. The lowest BCUT2D eigenvalue weighted by Crippen LogP contribution is -2.23. The summed E-state index contributed by atoms with van der Waals surface area (Å²) < 4.78 is 0. The number of thiocarbonyl (C=S) groups is 1. The molecule has 0 saturated heterocycles. The minimum absolute atomic E-state index is 0.381. The van der Waals surface area contributed by atoms with Crippen molar-refractivity contribution in [3.8, 4) is 0 Å². The molecule has 0 aliphatic heterocycles. The molecular formula is C14H19ClN2S. The van der Waals surface area contributed by atoms with Gasteiger partial charge in [0.25, 0.3) is 0 Å². The summed E-state index contributed by atoms with van der Waals surface area (Å²) in [6.45, 7) is 3.31. The molecule has 18 heavy (non-hydrogen) atoms.